The SMILES string of the molecule is CCCCC(=O)NN=Cc1cc(OCC)c(OCC)cc1OCC. The second kappa shape index (κ2) is 11.3. The van der Waals surface area contributed by atoms with Crippen molar-refractivity contribution in [1.82, 2.24) is 5.43 Å². The van der Waals surface area contributed by atoms with Crippen LogP contribution in [0.2, 0.25) is 0 Å². The van der Waals surface area contributed by atoms with Gasteiger partial charge in [-0.3, -0.25) is 4.79 Å². The molecule has 0 spiro atoms. The molecule has 134 valence electrons. The number of carbonyl (C=O) groups is 1. The van der Waals surface area contributed by atoms with Crippen LogP contribution in [0.25, 0.3) is 0 Å². The Bertz CT molecular complexity index is 544. The van der Waals surface area contributed by atoms with Crippen LogP contribution in [-0.2, 0) is 4.79 Å². The Morgan fingerprint density at radius 3 is 2.17 bits per heavy atom. The van der Waals surface area contributed by atoms with Gasteiger partial charge in [0.2, 0.25) is 5.91 Å². The van der Waals surface area contributed by atoms with Crippen molar-refractivity contribution in [2.24, 2.45) is 5.10 Å². The Balaban J connectivity index is 2.97. The maximum Gasteiger partial charge on any atom is 0.240 e. The van der Waals surface area contributed by atoms with E-state index in [0.717, 1.165) is 18.4 Å². The van der Waals surface area contributed by atoms with E-state index in [1.54, 1.807) is 18.3 Å². The molecule has 0 radical (unpaired) electrons. The number of hydrogen-bond donors (Lipinski definition) is 1. The van der Waals surface area contributed by atoms with Crippen LogP contribution in [-0.4, -0.2) is 31.9 Å². The summed E-state index contributed by atoms with van der Waals surface area (Å²) in [5, 5.41) is 4.01. The molecule has 0 aliphatic rings. The highest BCUT2D eigenvalue weighted by atomic mass is 16.5. The summed E-state index contributed by atoms with van der Waals surface area (Å²) in [4.78, 5) is 11.6. The number of hydrazone groups is 1. The lowest BCUT2D eigenvalue weighted by Crippen LogP contribution is -2.16. The highest BCUT2D eigenvalue weighted by Gasteiger charge is 2.12. The Morgan fingerprint density at radius 2 is 1.58 bits per heavy atom. The summed E-state index contributed by atoms with van der Waals surface area (Å²) in [6.45, 7) is 9.35. The van der Waals surface area contributed by atoms with Gasteiger partial charge in [-0.25, -0.2) is 5.43 Å². The molecule has 6 heteroatoms. The lowest BCUT2D eigenvalue weighted by molar-refractivity contribution is -0.121. The maximum atomic E-state index is 11.6. The normalized spacial score (nSPS) is 10.7. The van der Waals surface area contributed by atoms with Gasteiger partial charge >= 0.3 is 0 Å². The van der Waals surface area contributed by atoms with E-state index in [9.17, 15) is 4.79 Å². The third-order valence-electron chi connectivity index (χ3n) is 3.13. The Labute approximate surface area is 144 Å². The molecule has 1 rings (SSSR count). The van der Waals surface area contributed by atoms with Gasteiger partial charge in [-0.15, -0.1) is 0 Å². The predicted octanol–water partition coefficient (Wildman–Crippen LogP) is 3.52. The molecule has 0 aliphatic carbocycles. The Kier molecular flexibility index (Phi) is 9.34. The first-order chi connectivity index (χ1) is 11.7. The predicted molar refractivity (Wildman–Crippen MR) is 95.2 cm³/mol. The number of benzene rings is 1. The van der Waals surface area contributed by atoms with Crippen LogP contribution in [0.3, 0.4) is 0 Å². The van der Waals surface area contributed by atoms with E-state index in [4.69, 9.17) is 14.2 Å². The molecule has 0 bridgehead atoms. The zero-order chi connectivity index (χ0) is 17.8. The quantitative estimate of drug-likeness (QED) is 0.496. The van der Waals surface area contributed by atoms with Crippen molar-refractivity contribution in [1.29, 1.82) is 0 Å². The molecule has 1 aromatic rings. The van der Waals surface area contributed by atoms with Crippen molar-refractivity contribution in [3.63, 3.8) is 0 Å². The van der Waals surface area contributed by atoms with Crippen LogP contribution >= 0.6 is 0 Å². The first-order valence-corrected chi connectivity index (χ1v) is 8.54. The van der Waals surface area contributed by atoms with E-state index in [0.29, 0.717) is 43.5 Å². The van der Waals surface area contributed by atoms with Crippen molar-refractivity contribution in [3.8, 4) is 17.2 Å². The molecule has 0 aliphatic heterocycles. The van der Waals surface area contributed by atoms with Gasteiger partial charge in [0.15, 0.2) is 11.5 Å². The number of rotatable bonds is 11. The van der Waals surface area contributed by atoms with Crippen molar-refractivity contribution in [2.75, 3.05) is 19.8 Å². The molecule has 0 saturated heterocycles. The standard InChI is InChI=1S/C18H28N2O4/c1-5-9-10-18(21)20-19-13-14-11-16(23-7-3)17(24-8-4)12-15(14)22-6-2/h11-13H,5-10H2,1-4H3,(H,20,21). The van der Waals surface area contributed by atoms with Crippen LogP contribution in [0.1, 0.15) is 52.5 Å². The molecule has 6 nitrogen and oxygen atoms in total. The van der Waals surface area contributed by atoms with E-state index in [1.165, 1.54) is 0 Å². The average Bonchev–Trinajstić information content (AvgIpc) is 2.57. The van der Waals surface area contributed by atoms with Crippen LogP contribution in [0.5, 0.6) is 17.2 Å². The molecule has 24 heavy (non-hydrogen) atoms. The average molecular weight is 336 g/mol. The minimum atomic E-state index is -0.0953. The highest BCUT2D eigenvalue weighted by molar-refractivity contribution is 5.86. The largest absolute Gasteiger partial charge is 0.493 e. The van der Waals surface area contributed by atoms with E-state index >= 15 is 0 Å². The van der Waals surface area contributed by atoms with Crippen LogP contribution < -0.4 is 19.6 Å². The number of amides is 1. The van der Waals surface area contributed by atoms with Gasteiger partial charge in [0.1, 0.15) is 5.75 Å². The van der Waals surface area contributed by atoms with Crippen molar-refractivity contribution < 1.29 is 19.0 Å². The molecule has 0 fully saturated rings. The van der Waals surface area contributed by atoms with E-state index in [1.807, 2.05) is 27.7 Å². The summed E-state index contributed by atoms with van der Waals surface area (Å²) in [6, 6.07) is 3.60. The summed E-state index contributed by atoms with van der Waals surface area (Å²) >= 11 is 0. The number of ether oxygens (including phenoxy) is 3. The molecule has 1 amide bonds. The second-order valence-electron chi connectivity index (χ2n) is 5.03. The Hall–Kier alpha value is -2.24. The zero-order valence-electron chi connectivity index (χ0n) is 15.1. The number of nitrogens with zero attached hydrogens (tertiary/aromatic N) is 1. The number of carbonyl (C=O) groups excluding carboxylic acids is 1. The summed E-state index contributed by atoms with van der Waals surface area (Å²) in [5.41, 5.74) is 3.25. The third-order valence-corrected chi connectivity index (χ3v) is 3.13. The summed E-state index contributed by atoms with van der Waals surface area (Å²) in [5.74, 6) is 1.80. The number of hydrogen-bond acceptors (Lipinski definition) is 5. The first-order valence-electron chi connectivity index (χ1n) is 8.54. The molecular weight excluding hydrogens is 308 g/mol. The Morgan fingerprint density at radius 1 is 1.00 bits per heavy atom. The lowest BCUT2D eigenvalue weighted by Gasteiger charge is -2.15. The summed E-state index contributed by atoms with van der Waals surface area (Å²) in [6.07, 6.45) is 3.86. The molecule has 0 aromatic heterocycles. The van der Waals surface area contributed by atoms with E-state index in [2.05, 4.69) is 10.5 Å². The molecular formula is C18H28N2O4. The number of unbranched alkanes of at least 4 members (excludes halogenated alkanes) is 1. The molecule has 0 atom stereocenters. The lowest BCUT2D eigenvalue weighted by atomic mass is 10.2. The van der Waals surface area contributed by atoms with Crippen LogP contribution in [0, 0.1) is 0 Å². The van der Waals surface area contributed by atoms with Crippen molar-refractivity contribution >= 4 is 12.1 Å². The fraction of sp³-hybridized carbons (Fsp3) is 0.556. The van der Waals surface area contributed by atoms with Crippen molar-refractivity contribution in [2.45, 2.75) is 47.0 Å². The summed E-state index contributed by atoms with van der Waals surface area (Å²) < 4.78 is 16.9. The van der Waals surface area contributed by atoms with Crippen LogP contribution in [0.4, 0.5) is 0 Å². The monoisotopic (exact) mass is 336 g/mol. The van der Waals surface area contributed by atoms with Gasteiger partial charge < -0.3 is 14.2 Å². The van der Waals surface area contributed by atoms with Crippen LogP contribution in [0.15, 0.2) is 17.2 Å². The molecule has 1 aromatic carbocycles. The zero-order valence-corrected chi connectivity index (χ0v) is 15.1. The highest BCUT2D eigenvalue weighted by Crippen LogP contribution is 2.34. The molecule has 1 N–H and O–H groups in total. The van der Waals surface area contributed by atoms with Gasteiger partial charge in [-0.2, -0.15) is 5.10 Å². The van der Waals surface area contributed by atoms with E-state index in [-0.39, 0.29) is 5.91 Å². The molecule has 0 heterocycles. The first kappa shape index (κ1) is 19.8. The molecule has 0 unspecified atom stereocenters. The van der Waals surface area contributed by atoms with Gasteiger partial charge in [0.05, 0.1) is 26.0 Å². The third kappa shape index (κ3) is 6.48. The smallest absolute Gasteiger partial charge is 0.240 e. The van der Waals surface area contributed by atoms with E-state index < -0.39 is 0 Å². The van der Waals surface area contributed by atoms with Gasteiger partial charge in [-0.05, 0) is 33.3 Å². The minimum Gasteiger partial charge on any atom is -0.493 e. The molecule has 0 saturated carbocycles. The summed E-state index contributed by atoms with van der Waals surface area (Å²) in [7, 11) is 0. The van der Waals surface area contributed by atoms with Gasteiger partial charge in [-0.1, -0.05) is 13.3 Å². The fourth-order valence-corrected chi connectivity index (χ4v) is 2.04. The fourth-order valence-electron chi connectivity index (χ4n) is 2.04. The topological polar surface area (TPSA) is 69.2 Å². The van der Waals surface area contributed by atoms with Gasteiger partial charge in [0, 0.05) is 18.1 Å². The minimum absolute atomic E-state index is 0.0953. The second-order valence-corrected chi connectivity index (χ2v) is 5.03. The van der Waals surface area contributed by atoms with Gasteiger partial charge in [0.25, 0.3) is 0 Å². The number of nitrogens with one attached hydrogen (secondary N) is 1. The maximum absolute atomic E-state index is 11.6. The van der Waals surface area contributed by atoms with Crippen molar-refractivity contribution in [3.05, 3.63) is 17.7 Å².